The summed E-state index contributed by atoms with van der Waals surface area (Å²) in [6, 6.07) is 16.2. The highest BCUT2D eigenvalue weighted by Crippen LogP contribution is 2.31. The Morgan fingerprint density at radius 2 is 1.72 bits per heavy atom. The minimum absolute atomic E-state index is 0.129. The summed E-state index contributed by atoms with van der Waals surface area (Å²) in [5.41, 5.74) is 7.63. The Labute approximate surface area is 193 Å². The monoisotopic (exact) mass is 445 g/mol. The van der Waals surface area contributed by atoms with E-state index in [9.17, 15) is 4.79 Å². The Bertz CT molecular complexity index is 1220. The zero-order chi connectivity index (χ0) is 22.8. The lowest BCUT2D eigenvalue weighted by Crippen LogP contribution is -2.19. The van der Waals surface area contributed by atoms with Crippen LogP contribution in [0.15, 0.2) is 58.4 Å². The molecule has 0 saturated carbocycles. The average molecular weight is 446 g/mol. The maximum Gasteiger partial charge on any atom is 0.264 e. The van der Waals surface area contributed by atoms with Crippen LogP contribution in [0.1, 0.15) is 35.0 Å². The Morgan fingerprint density at radius 1 is 1.03 bits per heavy atom. The molecule has 6 heteroatoms. The van der Waals surface area contributed by atoms with Gasteiger partial charge in [-0.15, -0.1) is 0 Å². The van der Waals surface area contributed by atoms with Gasteiger partial charge in [0, 0.05) is 17.1 Å². The van der Waals surface area contributed by atoms with Crippen molar-refractivity contribution in [3.63, 3.8) is 0 Å². The predicted octanol–water partition coefficient (Wildman–Crippen LogP) is 6.00. The number of amides is 1. The summed E-state index contributed by atoms with van der Waals surface area (Å²) < 4.78 is 7.70. The van der Waals surface area contributed by atoms with Crippen molar-refractivity contribution in [2.45, 2.75) is 34.6 Å². The molecular weight excluding hydrogens is 418 g/mol. The molecule has 1 amide bonds. The summed E-state index contributed by atoms with van der Waals surface area (Å²) in [6.45, 7) is 11.0. The summed E-state index contributed by atoms with van der Waals surface area (Å²) in [4.78, 5) is 17.8. The van der Waals surface area contributed by atoms with Crippen LogP contribution in [0.2, 0.25) is 0 Å². The first-order chi connectivity index (χ1) is 15.3. The van der Waals surface area contributed by atoms with Gasteiger partial charge in [-0.05, 0) is 112 Å². The third-order valence-corrected chi connectivity index (χ3v) is 6.16. The molecule has 1 saturated heterocycles. The summed E-state index contributed by atoms with van der Waals surface area (Å²) in [5, 5.41) is 3.44. The summed E-state index contributed by atoms with van der Waals surface area (Å²) in [7, 11) is 0. The number of aliphatic imine (C=N–C) groups is 1. The van der Waals surface area contributed by atoms with Crippen molar-refractivity contribution in [3.05, 3.63) is 81.5 Å². The van der Waals surface area contributed by atoms with Gasteiger partial charge in [-0.25, -0.2) is 4.99 Å². The highest BCUT2D eigenvalue weighted by molar-refractivity contribution is 8.18. The highest BCUT2D eigenvalue weighted by Gasteiger charge is 2.24. The molecule has 1 N–H and O–H groups in total. The number of aromatic nitrogens is 1. The van der Waals surface area contributed by atoms with Crippen LogP contribution in [-0.2, 0) is 4.79 Å². The summed E-state index contributed by atoms with van der Waals surface area (Å²) in [6.07, 6.45) is 1.95. The highest BCUT2D eigenvalue weighted by atomic mass is 32.2. The van der Waals surface area contributed by atoms with Crippen molar-refractivity contribution in [1.82, 2.24) is 9.88 Å². The van der Waals surface area contributed by atoms with E-state index in [1.807, 2.05) is 37.3 Å². The van der Waals surface area contributed by atoms with Crippen LogP contribution in [0.25, 0.3) is 11.8 Å². The molecule has 2 heterocycles. The van der Waals surface area contributed by atoms with Crippen molar-refractivity contribution in [2.24, 2.45) is 4.99 Å². The molecule has 1 aromatic heterocycles. The topological polar surface area (TPSA) is 55.6 Å². The molecular formula is C26H27N3O2S. The Hall–Kier alpha value is -3.25. The fourth-order valence-corrected chi connectivity index (χ4v) is 4.77. The predicted molar refractivity (Wildman–Crippen MR) is 133 cm³/mol. The van der Waals surface area contributed by atoms with Crippen molar-refractivity contribution >= 4 is 34.6 Å². The fraction of sp³-hybridized carbons (Fsp3) is 0.231. The number of nitrogens with one attached hydrogen (secondary N) is 1. The standard InChI is InChI=1S/C26H27N3O2S/c1-6-31-23-9-7-21(8-10-23)27-26-28-25(30)24(32-26)15-20-14-18(4)29(19(20)5)22-12-16(2)11-17(3)13-22/h7-15H,6H2,1-5H3,(H,27,28,30)/b24-15-. The van der Waals surface area contributed by atoms with E-state index in [1.165, 1.54) is 22.9 Å². The molecule has 5 nitrogen and oxygen atoms in total. The number of amidine groups is 1. The smallest absolute Gasteiger partial charge is 0.264 e. The SMILES string of the molecule is CCOc1ccc(N=C2NC(=O)/C(=C/c3cc(C)n(-c4cc(C)cc(C)c4)c3C)S2)cc1. The molecule has 0 bridgehead atoms. The van der Waals surface area contributed by atoms with Crippen LogP contribution in [0, 0.1) is 27.7 Å². The summed E-state index contributed by atoms with van der Waals surface area (Å²) in [5.74, 6) is 0.676. The Balaban J connectivity index is 1.60. The largest absolute Gasteiger partial charge is 0.494 e. The third-order valence-electron chi connectivity index (χ3n) is 5.25. The Kier molecular flexibility index (Phi) is 6.24. The van der Waals surface area contributed by atoms with Gasteiger partial charge < -0.3 is 14.6 Å². The molecule has 1 fully saturated rings. The molecule has 0 radical (unpaired) electrons. The number of nitrogens with zero attached hydrogens (tertiary/aromatic N) is 2. The molecule has 0 aliphatic carbocycles. The molecule has 0 atom stereocenters. The number of carbonyl (C=O) groups excluding carboxylic acids is 1. The first-order valence-corrected chi connectivity index (χ1v) is 11.5. The van der Waals surface area contributed by atoms with Gasteiger partial charge >= 0.3 is 0 Å². The van der Waals surface area contributed by atoms with E-state index < -0.39 is 0 Å². The van der Waals surface area contributed by atoms with E-state index in [0.29, 0.717) is 16.7 Å². The average Bonchev–Trinajstić information content (AvgIpc) is 3.21. The van der Waals surface area contributed by atoms with Crippen LogP contribution >= 0.6 is 11.8 Å². The maximum atomic E-state index is 12.6. The number of carbonyl (C=O) groups is 1. The number of benzene rings is 2. The lowest BCUT2D eigenvalue weighted by atomic mass is 10.1. The second kappa shape index (κ2) is 9.09. The lowest BCUT2D eigenvalue weighted by molar-refractivity contribution is -0.115. The number of ether oxygens (including phenoxy) is 1. The molecule has 1 aliphatic heterocycles. The molecule has 2 aromatic carbocycles. The van der Waals surface area contributed by atoms with Gasteiger partial charge in [-0.1, -0.05) is 6.07 Å². The van der Waals surface area contributed by atoms with Crippen molar-refractivity contribution in [1.29, 1.82) is 0 Å². The van der Waals surface area contributed by atoms with Gasteiger partial charge in [0.1, 0.15) is 5.75 Å². The minimum Gasteiger partial charge on any atom is -0.494 e. The van der Waals surface area contributed by atoms with Crippen molar-refractivity contribution in [2.75, 3.05) is 6.61 Å². The zero-order valence-electron chi connectivity index (χ0n) is 19.0. The first-order valence-electron chi connectivity index (χ1n) is 10.6. The van der Waals surface area contributed by atoms with E-state index in [-0.39, 0.29) is 5.91 Å². The van der Waals surface area contributed by atoms with E-state index in [1.54, 1.807) is 0 Å². The molecule has 32 heavy (non-hydrogen) atoms. The Morgan fingerprint density at radius 3 is 2.38 bits per heavy atom. The van der Waals surface area contributed by atoms with Crippen molar-refractivity contribution < 1.29 is 9.53 Å². The van der Waals surface area contributed by atoms with Crippen LogP contribution in [0.4, 0.5) is 5.69 Å². The van der Waals surface area contributed by atoms with E-state index in [2.05, 4.69) is 66.8 Å². The third kappa shape index (κ3) is 4.65. The second-order valence-corrected chi connectivity index (χ2v) is 8.95. The van der Waals surface area contributed by atoms with Gasteiger partial charge in [0.05, 0.1) is 17.2 Å². The quantitative estimate of drug-likeness (QED) is 0.490. The van der Waals surface area contributed by atoms with Crippen LogP contribution < -0.4 is 10.1 Å². The van der Waals surface area contributed by atoms with E-state index in [4.69, 9.17) is 4.74 Å². The number of hydrogen-bond donors (Lipinski definition) is 1. The van der Waals surface area contributed by atoms with E-state index >= 15 is 0 Å². The number of hydrogen-bond acceptors (Lipinski definition) is 4. The van der Waals surface area contributed by atoms with Crippen LogP contribution in [-0.4, -0.2) is 22.2 Å². The van der Waals surface area contributed by atoms with Crippen LogP contribution in [0.3, 0.4) is 0 Å². The zero-order valence-corrected chi connectivity index (χ0v) is 19.8. The van der Waals surface area contributed by atoms with Gasteiger partial charge in [0.25, 0.3) is 5.91 Å². The number of aryl methyl sites for hydroxylation is 3. The number of thioether (sulfide) groups is 1. The van der Waals surface area contributed by atoms with Crippen molar-refractivity contribution in [3.8, 4) is 11.4 Å². The lowest BCUT2D eigenvalue weighted by Gasteiger charge is -2.12. The molecule has 4 rings (SSSR count). The maximum absolute atomic E-state index is 12.6. The minimum atomic E-state index is -0.129. The number of rotatable bonds is 5. The van der Waals surface area contributed by atoms with Gasteiger partial charge in [-0.2, -0.15) is 0 Å². The molecule has 0 unspecified atom stereocenters. The molecule has 0 spiro atoms. The van der Waals surface area contributed by atoms with Gasteiger partial charge in [0.2, 0.25) is 0 Å². The van der Waals surface area contributed by atoms with E-state index in [0.717, 1.165) is 34.1 Å². The fourth-order valence-electron chi connectivity index (χ4n) is 3.93. The molecule has 164 valence electrons. The van der Waals surface area contributed by atoms with Gasteiger partial charge in [0.15, 0.2) is 5.17 Å². The molecule has 1 aliphatic rings. The summed E-state index contributed by atoms with van der Waals surface area (Å²) >= 11 is 1.36. The molecule has 3 aromatic rings. The second-order valence-electron chi connectivity index (χ2n) is 7.92. The van der Waals surface area contributed by atoms with Gasteiger partial charge in [-0.3, -0.25) is 4.79 Å². The first kappa shape index (κ1) is 22.0. The normalized spacial score (nSPS) is 16.1. The van der Waals surface area contributed by atoms with Crippen LogP contribution in [0.5, 0.6) is 5.75 Å².